The fourth-order valence-corrected chi connectivity index (χ4v) is 0.565. The summed E-state index contributed by atoms with van der Waals surface area (Å²) >= 11 is 0. The molecule has 0 unspecified atom stereocenters. The minimum Gasteiger partial charge on any atom is -0.480 e. The van der Waals surface area contributed by atoms with E-state index < -0.39 is 0 Å². The van der Waals surface area contributed by atoms with Crippen molar-refractivity contribution in [1.29, 1.82) is 0 Å². The zero-order valence-electron chi connectivity index (χ0n) is 5.74. The summed E-state index contributed by atoms with van der Waals surface area (Å²) in [5.41, 5.74) is 6.06. The number of nitrogens with zero attached hydrogens (tertiary/aromatic N) is 2. The number of ether oxygens (including phenoxy) is 1. The summed E-state index contributed by atoms with van der Waals surface area (Å²) in [6, 6.07) is 3.51. The molecule has 4 heteroatoms. The van der Waals surface area contributed by atoms with Gasteiger partial charge in [0, 0.05) is 12.6 Å². The van der Waals surface area contributed by atoms with Crippen molar-refractivity contribution < 1.29 is 4.74 Å². The molecule has 0 aliphatic heterocycles. The number of hydrogen-bond donors (Lipinski definition) is 1. The molecule has 1 aromatic heterocycles. The molecule has 1 heterocycles. The van der Waals surface area contributed by atoms with Gasteiger partial charge in [-0.3, -0.25) is 0 Å². The van der Waals surface area contributed by atoms with E-state index in [0.29, 0.717) is 12.4 Å². The van der Waals surface area contributed by atoms with E-state index in [4.69, 9.17) is 10.5 Å². The molecule has 1 rings (SSSR count). The number of rotatable bonds is 2. The third kappa shape index (κ3) is 1.41. The Bertz CT molecular complexity index is 174. The van der Waals surface area contributed by atoms with Crippen molar-refractivity contribution in [2.75, 3.05) is 7.11 Å². The molecule has 0 radical (unpaired) electrons. The molecule has 0 spiro atoms. The molecule has 0 saturated carbocycles. The zero-order valence-corrected chi connectivity index (χ0v) is 5.74. The molecule has 0 saturated heterocycles. The van der Waals surface area contributed by atoms with Crippen molar-refractivity contribution in [3.05, 3.63) is 17.8 Å². The average Bonchev–Trinajstić information content (AvgIpc) is 2.05. The maximum Gasteiger partial charge on any atom is 0.233 e. The van der Waals surface area contributed by atoms with Crippen LogP contribution in [0.3, 0.4) is 0 Å². The molecule has 10 heavy (non-hydrogen) atoms. The van der Waals surface area contributed by atoms with E-state index in [1.165, 1.54) is 0 Å². The van der Waals surface area contributed by atoms with Gasteiger partial charge in [-0.25, -0.2) is 0 Å². The summed E-state index contributed by atoms with van der Waals surface area (Å²) in [6.07, 6.45) is 0. The normalized spacial score (nSPS) is 9.40. The summed E-state index contributed by atoms with van der Waals surface area (Å²) < 4.78 is 4.80. The van der Waals surface area contributed by atoms with Gasteiger partial charge < -0.3 is 10.5 Å². The van der Waals surface area contributed by atoms with Gasteiger partial charge in [0.15, 0.2) is 0 Å². The van der Waals surface area contributed by atoms with Gasteiger partial charge in [-0.1, -0.05) is 0 Å². The standard InChI is InChI=1S/C6H9N3O/c1-10-6-3-2-5(4-7)8-9-6/h2-3H,4,7H2,1H3. The van der Waals surface area contributed by atoms with Crippen LogP contribution < -0.4 is 10.5 Å². The lowest BCUT2D eigenvalue weighted by molar-refractivity contribution is 0.391. The lowest BCUT2D eigenvalue weighted by Gasteiger charge is -1.96. The van der Waals surface area contributed by atoms with E-state index in [2.05, 4.69) is 10.2 Å². The van der Waals surface area contributed by atoms with Crippen molar-refractivity contribution in [2.45, 2.75) is 6.54 Å². The van der Waals surface area contributed by atoms with Gasteiger partial charge in [0.2, 0.25) is 5.88 Å². The molecule has 54 valence electrons. The summed E-state index contributed by atoms with van der Waals surface area (Å²) in [6.45, 7) is 0.414. The van der Waals surface area contributed by atoms with Gasteiger partial charge in [-0.15, -0.1) is 5.10 Å². The van der Waals surface area contributed by atoms with E-state index in [9.17, 15) is 0 Å². The van der Waals surface area contributed by atoms with Crippen LogP contribution in [0.15, 0.2) is 12.1 Å². The Morgan fingerprint density at radius 2 is 2.30 bits per heavy atom. The highest BCUT2D eigenvalue weighted by molar-refractivity contribution is 5.10. The van der Waals surface area contributed by atoms with Crippen molar-refractivity contribution >= 4 is 0 Å². The Morgan fingerprint density at radius 3 is 2.70 bits per heavy atom. The van der Waals surface area contributed by atoms with Crippen molar-refractivity contribution in [3.63, 3.8) is 0 Å². The van der Waals surface area contributed by atoms with Gasteiger partial charge in [-0.05, 0) is 6.07 Å². The third-order valence-electron chi connectivity index (χ3n) is 1.11. The third-order valence-corrected chi connectivity index (χ3v) is 1.11. The Labute approximate surface area is 59.0 Å². The van der Waals surface area contributed by atoms with Crippen LogP contribution in [0.5, 0.6) is 5.88 Å². The van der Waals surface area contributed by atoms with Crippen LogP contribution in [-0.4, -0.2) is 17.3 Å². The molecular weight excluding hydrogens is 130 g/mol. The second-order valence-corrected chi connectivity index (χ2v) is 1.77. The Balaban J connectivity index is 2.80. The molecule has 0 amide bonds. The van der Waals surface area contributed by atoms with Crippen LogP contribution in [0.1, 0.15) is 5.69 Å². The van der Waals surface area contributed by atoms with E-state index in [0.717, 1.165) is 5.69 Å². The summed E-state index contributed by atoms with van der Waals surface area (Å²) in [4.78, 5) is 0. The summed E-state index contributed by atoms with van der Waals surface area (Å²) in [5.74, 6) is 0.511. The summed E-state index contributed by atoms with van der Waals surface area (Å²) in [5, 5.41) is 7.48. The number of aromatic nitrogens is 2. The van der Waals surface area contributed by atoms with Crippen LogP contribution >= 0.6 is 0 Å². The van der Waals surface area contributed by atoms with E-state index in [1.807, 2.05) is 0 Å². The molecule has 4 nitrogen and oxygen atoms in total. The van der Waals surface area contributed by atoms with Crippen LogP contribution in [0.25, 0.3) is 0 Å². The van der Waals surface area contributed by atoms with Gasteiger partial charge in [0.05, 0.1) is 12.8 Å². The molecule has 0 bridgehead atoms. The summed E-state index contributed by atoms with van der Waals surface area (Å²) in [7, 11) is 1.55. The topological polar surface area (TPSA) is 61.0 Å². The van der Waals surface area contributed by atoms with Crippen molar-refractivity contribution in [3.8, 4) is 5.88 Å². The second kappa shape index (κ2) is 3.12. The maximum absolute atomic E-state index is 5.30. The van der Waals surface area contributed by atoms with Crippen molar-refractivity contribution in [2.24, 2.45) is 5.73 Å². The van der Waals surface area contributed by atoms with Crippen LogP contribution in [0.4, 0.5) is 0 Å². The number of hydrogen-bond acceptors (Lipinski definition) is 4. The first-order valence-electron chi connectivity index (χ1n) is 2.93. The highest BCUT2D eigenvalue weighted by atomic mass is 16.5. The predicted molar refractivity (Wildman–Crippen MR) is 36.5 cm³/mol. The minimum absolute atomic E-state index is 0.414. The number of methoxy groups -OCH3 is 1. The largest absolute Gasteiger partial charge is 0.480 e. The lowest BCUT2D eigenvalue weighted by Crippen LogP contribution is -2.01. The van der Waals surface area contributed by atoms with Crippen LogP contribution in [-0.2, 0) is 6.54 Å². The quantitative estimate of drug-likeness (QED) is 0.623. The Morgan fingerprint density at radius 1 is 1.50 bits per heavy atom. The predicted octanol–water partition coefficient (Wildman–Crippen LogP) is -0.0561. The van der Waals surface area contributed by atoms with Crippen molar-refractivity contribution in [1.82, 2.24) is 10.2 Å². The Hall–Kier alpha value is -1.16. The SMILES string of the molecule is COc1ccc(CN)nn1. The smallest absolute Gasteiger partial charge is 0.233 e. The van der Waals surface area contributed by atoms with Gasteiger partial charge in [0.25, 0.3) is 0 Å². The maximum atomic E-state index is 5.30. The highest BCUT2D eigenvalue weighted by Gasteiger charge is 1.92. The fourth-order valence-electron chi connectivity index (χ4n) is 0.565. The monoisotopic (exact) mass is 139 g/mol. The number of nitrogens with two attached hydrogens (primary N) is 1. The fraction of sp³-hybridized carbons (Fsp3) is 0.333. The highest BCUT2D eigenvalue weighted by Crippen LogP contribution is 2.01. The van der Waals surface area contributed by atoms with E-state index in [1.54, 1.807) is 19.2 Å². The van der Waals surface area contributed by atoms with Crippen LogP contribution in [0.2, 0.25) is 0 Å². The molecule has 0 aliphatic carbocycles. The molecule has 1 aromatic rings. The van der Waals surface area contributed by atoms with Gasteiger partial charge in [0.1, 0.15) is 0 Å². The second-order valence-electron chi connectivity index (χ2n) is 1.77. The molecule has 0 atom stereocenters. The molecular formula is C6H9N3O. The molecule has 0 aromatic carbocycles. The molecule has 0 fully saturated rings. The first-order valence-corrected chi connectivity index (χ1v) is 2.93. The van der Waals surface area contributed by atoms with Gasteiger partial charge >= 0.3 is 0 Å². The molecule has 2 N–H and O–H groups in total. The average molecular weight is 139 g/mol. The minimum atomic E-state index is 0.414. The first kappa shape index (κ1) is 6.95. The molecule has 0 aliphatic rings. The lowest BCUT2D eigenvalue weighted by atomic mass is 10.4. The van der Waals surface area contributed by atoms with Gasteiger partial charge in [-0.2, -0.15) is 5.10 Å². The van der Waals surface area contributed by atoms with E-state index in [-0.39, 0.29) is 0 Å². The van der Waals surface area contributed by atoms with E-state index >= 15 is 0 Å². The Kier molecular flexibility index (Phi) is 2.17. The first-order chi connectivity index (χ1) is 4.86. The van der Waals surface area contributed by atoms with Crippen LogP contribution in [0, 0.1) is 0 Å². The zero-order chi connectivity index (χ0) is 7.40.